The Hall–Kier alpha value is -4.18. The third-order valence-corrected chi connectivity index (χ3v) is 6.79. The minimum absolute atomic E-state index is 0.107. The number of aliphatic hydroxyl groups is 1. The van der Waals surface area contributed by atoms with Crippen LogP contribution in [0.1, 0.15) is 39.5 Å². The summed E-state index contributed by atoms with van der Waals surface area (Å²) in [5, 5.41) is 11.4. The van der Waals surface area contributed by atoms with E-state index in [1.807, 2.05) is 6.92 Å². The first-order valence-corrected chi connectivity index (χ1v) is 11.9. The monoisotopic (exact) mass is 508 g/mol. The zero-order chi connectivity index (χ0) is 26.0. The van der Waals surface area contributed by atoms with E-state index in [4.69, 9.17) is 14.2 Å². The Balaban J connectivity index is 1.91. The Labute approximate surface area is 211 Å². The number of hydrogen-bond donors (Lipinski definition) is 1. The minimum atomic E-state index is -0.997. The number of methoxy groups -OCH3 is 2. The maximum Gasteiger partial charge on any atom is 0.350 e. The smallest absolute Gasteiger partial charge is 0.350 e. The molecule has 0 unspecified atom stereocenters. The summed E-state index contributed by atoms with van der Waals surface area (Å²) in [7, 11) is 2.74. The number of aromatic nitrogens is 1. The van der Waals surface area contributed by atoms with Gasteiger partial charge in [0.15, 0.2) is 5.13 Å². The van der Waals surface area contributed by atoms with Crippen molar-refractivity contribution in [1.82, 2.24) is 4.98 Å². The second-order valence-electron chi connectivity index (χ2n) is 7.81. The quantitative estimate of drug-likeness (QED) is 0.218. The van der Waals surface area contributed by atoms with Crippen LogP contribution >= 0.6 is 11.3 Å². The number of carbonyl (C=O) groups excluding carboxylic acids is 3. The van der Waals surface area contributed by atoms with Gasteiger partial charge in [-0.2, -0.15) is 0 Å². The molecular formula is C26H24N2O7S. The van der Waals surface area contributed by atoms with Gasteiger partial charge in [-0.05, 0) is 43.7 Å². The number of ether oxygens (including phenoxy) is 3. The number of Topliss-reactive ketones (excluding diaryl/α,β-unsaturated/α-hetero) is 1. The van der Waals surface area contributed by atoms with Crippen LogP contribution in [-0.2, 0) is 14.3 Å². The molecule has 1 fully saturated rings. The molecule has 1 atom stereocenters. The fraction of sp³-hybridized carbons (Fsp3) is 0.231. The number of nitrogens with zero attached hydrogens (tertiary/aromatic N) is 2. The highest BCUT2D eigenvalue weighted by Gasteiger charge is 2.48. The molecule has 2 aromatic carbocycles. The van der Waals surface area contributed by atoms with Gasteiger partial charge in [-0.25, -0.2) is 9.78 Å². The van der Waals surface area contributed by atoms with Crippen LogP contribution in [0, 0.1) is 6.92 Å². The van der Waals surface area contributed by atoms with Crippen molar-refractivity contribution in [2.45, 2.75) is 19.9 Å². The third-order valence-electron chi connectivity index (χ3n) is 5.66. The molecular weight excluding hydrogens is 484 g/mol. The summed E-state index contributed by atoms with van der Waals surface area (Å²) in [5.41, 5.74) is 1.12. The summed E-state index contributed by atoms with van der Waals surface area (Å²) >= 11 is 0.939. The van der Waals surface area contributed by atoms with E-state index in [2.05, 4.69) is 4.98 Å². The Bertz CT molecular complexity index is 1360. The van der Waals surface area contributed by atoms with E-state index in [0.717, 1.165) is 11.3 Å². The van der Waals surface area contributed by atoms with Gasteiger partial charge in [0, 0.05) is 5.56 Å². The van der Waals surface area contributed by atoms with Gasteiger partial charge in [-0.15, -0.1) is 0 Å². The molecule has 4 rings (SSSR count). The summed E-state index contributed by atoms with van der Waals surface area (Å²) in [6.45, 7) is 3.95. The standard InChI is InChI=1S/C26H24N2O7S/c1-5-35-17-11-9-15(10-12-17)20-19(21(29)16-7-6-8-18(13-16)33-3)22(30)24(31)28(20)26-27-14(2)23(36-26)25(32)34-4/h6-13,20,29H,5H2,1-4H3/b21-19+/t20-/m1/s1. The van der Waals surface area contributed by atoms with E-state index in [0.29, 0.717) is 34.9 Å². The first kappa shape index (κ1) is 24.9. The van der Waals surface area contributed by atoms with E-state index in [9.17, 15) is 19.5 Å². The highest BCUT2D eigenvalue weighted by molar-refractivity contribution is 7.17. The zero-order valence-corrected chi connectivity index (χ0v) is 20.9. The summed E-state index contributed by atoms with van der Waals surface area (Å²) in [5.74, 6) is -1.60. The second kappa shape index (κ2) is 10.2. The molecule has 1 saturated heterocycles. The Kier molecular flexibility index (Phi) is 7.07. The van der Waals surface area contributed by atoms with Crippen LogP contribution in [0.4, 0.5) is 5.13 Å². The SMILES string of the molecule is CCOc1ccc([C@@H]2/C(=C(\O)c3cccc(OC)c3)C(=O)C(=O)N2c2nc(C)c(C(=O)OC)s2)cc1. The van der Waals surface area contributed by atoms with Crippen LogP contribution in [0.15, 0.2) is 54.1 Å². The number of hydrogen-bond acceptors (Lipinski definition) is 9. The number of aryl methyl sites for hydroxylation is 1. The maximum absolute atomic E-state index is 13.3. The Morgan fingerprint density at radius 2 is 1.83 bits per heavy atom. The Morgan fingerprint density at radius 1 is 1.11 bits per heavy atom. The van der Waals surface area contributed by atoms with Crippen molar-refractivity contribution in [2.75, 3.05) is 25.7 Å². The first-order chi connectivity index (χ1) is 17.3. The molecule has 0 radical (unpaired) electrons. The highest BCUT2D eigenvalue weighted by Crippen LogP contribution is 2.44. The number of aliphatic hydroxyl groups excluding tert-OH is 1. The molecule has 1 amide bonds. The molecule has 3 aromatic rings. The number of ketones is 1. The third kappa shape index (κ3) is 4.42. The predicted octanol–water partition coefficient (Wildman–Crippen LogP) is 4.27. The summed E-state index contributed by atoms with van der Waals surface area (Å²) in [4.78, 5) is 44.6. The molecule has 1 aromatic heterocycles. The fourth-order valence-electron chi connectivity index (χ4n) is 3.95. The highest BCUT2D eigenvalue weighted by atomic mass is 32.1. The van der Waals surface area contributed by atoms with Crippen LogP contribution in [-0.4, -0.2) is 48.6 Å². The largest absolute Gasteiger partial charge is 0.507 e. The lowest BCUT2D eigenvalue weighted by Crippen LogP contribution is -2.29. The number of rotatable bonds is 7. The van der Waals surface area contributed by atoms with E-state index in [1.165, 1.54) is 19.1 Å². The number of amides is 1. The van der Waals surface area contributed by atoms with Crippen molar-refractivity contribution in [3.8, 4) is 11.5 Å². The van der Waals surface area contributed by atoms with Crippen molar-refractivity contribution in [3.63, 3.8) is 0 Å². The van der Waals surface area contributed by atoms with E-state index in [-0.39, 0.29) is 21.3 Å². The normalized spacial score (nSPS) is 16.8. The van der Waals surface area contributed by atoms with Crippen molar-refractivity contribution in [2.24, 2.45) is 0 Å². The van der Waals surface area contributed by atoms with Crippen LogP contribution in [0.5, 0.6) is 11.5 Å². The molecule has 0 aliphatic carbocycles. The molecule has 10 heteroatoms. The van der Waals surface area contributed by atoms with Gasteiger partial charge >= 0.3 is 11.9 Å². The van der Waals surface area contributed by atoms with Crippen LogP contribution in [0.25, 0.3) is 5.76 Å². The van der Waals surface area contributed by atoms with Crippen LogP contribution in [0.3, 0.4) is 0 Å². The van der Waals surface area contributed by atoms with Crippen molar-refractivity contribution >= 4 is 39.9 Å². The van der Waals surface area contributed by atoms with Crippen molar-refractivity contribution in [1.29, 1.82) is 0 Å². The Morgan fingerprint density at radius 3 is 2.47 bits per heavy atom. The van der Waals surface area contributed by atoms with Crippen molar-refractivity contribution in [3.05, 3.63) is 75.8 Å². The lowest BCUT2D eigenvalue weighted by molar-refractivity contribution is -0.132. The average molecular weight is 509 g/mol. The second-order valence-corrected chi connectivity index (χ2v) is 8.78. The van der Waals surface area contributed by atoms with Gasteiger partial charge in [-0.1, -0.05) is 35.6 Å². The van der Waals surface area contributed by atoms with Gasteiger partial charge in [0.1, 0.15) is 22.1 Å². The molecule has 1 aliphatic heterocycles. The summed E-state index contributed by atoms with van der Waals surface area (Å²) in [6, 6.07) is 12.4. The van der Waals surface area contributed by atoms with Gasteiger partial charge in [-0.3, -0.25) is 14.5 Å². The first-order valence-electron chi connectivity index (χ1n) is 11.0. The number of thiazole rings is 1. The van der Waals surface area contributed by atoms with E-state index >= 15 is 0 Å². The number of carbonyl (C=O) groups is 3. The van der Waals surface area contributed by atoms with Gasteiger partial charge < -0.3 is 19.3 Å². The number of benzene rings is 2. The van der Waals surface area contributed by atoms with Crippen molar-refractivity contribution < 1.29 is 33.7 Å². The fourth-order valence-corrected chi connectivity index (χ4v) is 4.96. The van der Waals surface area contributed by atoms with Gasteiger partial charge in [0.2, 0.25) is 0 Å². The number of esters is 1. The lowest BCUT2D eigenvalue weighted by Gasteiger charge is -2.23. The summed E-state index contributed by atoms with van der Waals surface area (Å²) in [6.07, 6.45) is 0. The maximum atomic E-state index is 13.3. The molecule has 2 heterocycles. The lowest BCUT2D eigenvalue weighted by atomic mass is 9.95. The van der Waals surface area contributed by atoms with Gasteiger partial charge in [0.05, 0.1) is 38.1 Å². The molecule has 36 heavy (non-hydrogen) atoms. The molecule has 1 aliphatic rings. The minimum Gasteiger partial charge on any atom is -0.507 e. The molecule has 0 saturated carbocycles. The molecule has 9 nitrogen and oxygen atoms in total. The molecule has 0 bridgehead atoms. The van der Waals surface area contributed by atoms with E-state index < -0.39 is 23.7 Å². The topological polar surface area (TPSA) is 115 Å². The average Bonchev–Trinajstić information content (AvgIpc) is 3.40. The predicted molar refractivity (Wildman–Crippen MR) is 134 cm³/mol. The van der Waals surface area contributed by atoms with E-state index in [1.54, 1.807) is 55.5 Å². The summed E-state index contributed by atoms with van der Waals surface area (Å²) < 4.78 is 15.6. The van der Waals surface area contributed by atoms with Crippen LogP contribution < -0.4 is 14.4 Å². The number of anilines is 1. The van der Waals surface area contributed by atoms with Crippen LogP contribution in [0.2, 0.25) is 0 Å². The molecule has 186 valence electrons. The molecule has 1 N–H and O–H groups in total. The molecule has 0 spiro atoms. The zero-order valence-electron chi connectivity index (χ0n) is 20.1. The van der Waals surface area contributed by atoms with Gasteiger partial charge in [0.25, 0.3) is 5.78 Å².